The van der Waals surface area contributed by atoms with Gasteiger partial charge in [0.05, 0.1) is 11.8 Å². The van der Waals surface area contributed by atoms with Crippen LogP contribution in [0.15, 0.2) is 24.3 Å². The van der Waals surface area contributed by atoms with E-state index in [2.05, 4.69) is 0 Å². The third-order valence-corrected chi connectivity index (χ3v) is 4.10. The van der Waals surface area contributed by atoms with Crippen LogP contribution < -0.4 is 0 Å². The Bertz CT molecular complexity index is 412. The van der Waals surface area contributed by atoms with Gasteiger partial charge in [0.1, 0.15) is 12.2 Å². The molecule has 2 heterocycles. The molecule has 2 fully saturated rings. The van der Waals surface area contributed by atoms with Crippen molar-refractivity contribution in [1.29, 1.82) is 0 Å². The zero-order valence-electron chi connectivity index (χ0n) is 8.41. The van der Waals surface area contributed by atoms with E-state index >= 15 is 0 Å². The van der Waals surface area contributed by atoms with Crippen LogP contribution in [-0.4, -0.2) is 24.1 Å². The molecule has 2 aliphatic heterocycles. The zero-order valence-corrected chi connectivity index (χ0v) is 8.41. The highest BCUT2D eigenvalue weighted by Gasteiger charge is 2.59. The molecule has 6 atom stereocenters. The van der Waals surface area contributed by atoms with Crippen molar-refractivity contribution >= 4 is 11.9 Å². The van der Waals surface area contributed by atoms with Gasteiger partial charge >= 0.3 is 11.9 Å². The van der Waals surface area contributed by atoms with Crippen LogP contribution in [0.4, 0.5) is 0 Å². The van der Waals surface area contributed by atoms with Gasteiger partial charge in [-0.15, -0.1) is 0 Å². The predicted octanol–water partition coefficient (Wildman–Crippen LogP) is 0.442. The first-order valence-electron chi connectivity index (χ1n) is 5.53. The Balaban J connectivity index is 1.83. The molecule has 0 aromatic carbocycles. The lowest BCUT2D eigenvalue weighted by Crippen LogP contribution is -2.52. The monoisotopic (exact) mass is 218 g/mol. The molecule has 4 aliphatic rings. The number of ether oxygens (including phenoxy) is 2. The van der Waals surface area contributed by atoms with Gasteiger partial charge in [-0.05, 0) is 12.2 Å². The molecule has 4 rings (SSSR count). The lowest BCUT2D eigenvalue weighted by molar-refractivity contribution is -0.187. The summed E-state index contributed by atoms with van der Waals surface area (Å²) in [6.45, 7) is 0. The largest absolute Gasteiger partial charge is 0.457 e. The third kappa shape index (κ3) is 0.821. The molecule has 0 aromatic rings. The molecule has 0 bridgehead atoms. The van der Waals surface area contributed by atoms with Crippen LogP contribution in [0.5, 0.6) is 0 Å². The first-order chi connectivity index (χ1) is 7.75. The Hall–Kier alpha value is -1.58. The molecule has 2 saturated heterocycles. The van der Waals surface area contributed by atoms with E-state index in [0.717, 1.165) is 0 Å². The van der Waals surface area contributed by atoms with Crippen molar-refractivity contribution in [3.8, 4) is 0 Å². The molecular formula is C12H10O4. The Morgan fingerprint density at radius 1 is 0.750 bits per heavy atom. The van der Waals surface area contributed by atoms with Crippen LogP contribution in [0.25, 0.3) is 0 Å². The molecule has 0 N–H and O–H groups in total. The molecule has 0 spiro atoms. The van der Waals surface area contributed by atoms with Crippen molar-refractivity contribution < 1.29 is 19.1 Å². The van der Waals surface area contributed by atoms with Gasteiger partial charge in [0.15, 0.2) is 0 Å². The minimum absolute atomic E-state index is 0.0486. The van der Waals surface area contributed by atoms with Crippen molar-refractivity contribution in [2.75, 3.05) is 0 Å². The van der Waals surface area contributed by atoms with Crippen molar-refractivity contribution in [3.05, 3.63) is 24.3 Å². The van der Waals surface area contributed by atoms with Crippen LogP contribution >= 0.6 is 0 Å². The summed E-state index contributed by atoms with van der Waals surface area (Å²) in [5.41, 5.74) is 0. The van der Waals surface area contributed by atoms with Crippen molar-refractivity contribution in [2.45, 2.75) is 12.2 Å². The molecule has 2 unspecified atom stereocenters. The highest BCUT2D eigenvalue weighted by molar-refractivity contribution is 5.84. The molecule has 16 heavy (non-hydrogen) atoms. The average Bonchev–Trinajstić information content (AvgIpc) is 2.81. The number of carbonyl (C=O) groups is 2. The normalized spacial score (nSPS) is 51.2. The Morgan fingerprint density at radius 2 is 1.25 bits per heavy atom. The summed E-state index contributed by atoms with van der Waals surface area (Å²) in [6, 6.07) is 0. The molecule has 0 amide bonds. The minimum Gasteiger partial charge on any atom is -0.457 e. The van der Waals surface area contributed by atoms with E-state index in [-0.39, 0.29) is 47.8 Å². The van der Waals surface area contributed by atoms with Crippen LogP contribution in [-0.2, 0) is 19.1 Å². The van der Waals surface area contributed by atoms with Gasteiger partial charge in [0.25, 0.3) is 0 Å². The van der Waals surface area contributed by atoms with E-state index in [0.29, 0.717) is 0 Å². The summed E-state index contributed by atoms with van der Waals surface area (Å²) in [7, 11) is 0. The number of hydrogen-bond donors (Lipinski definition) is 0. The first kappa shape index (κ1) is 8.56. The maximum absolute atomic E-state index is 11.7. The van der Waals surface area contributed by atoms with Crippen LogP contribution in [0.1, 0.15) is 0 Å². The van der Waals surface area contributed by atoms with Gasteiger partial charge < -0.3 is 9.47 Å². The standard InChI is InChI=1S/C12H10O4/c13-11-5-1-2-6-9(5)10-7(15-11)3-4-8(10)16-12(6)14/h1-10H/t5-,6-,7-,8+,9?,10?/m1/s1. The van der Waals surface area contributed by atoms with Crippen molar-refractivity contribution in [2.24, 2.45) is 23.7 Å². The lowest BCUT2D eigenvalue weighted by atomic mass is 9.71. The quantitative estimate of drug-likeness (QED) is 0.437. The second-order valence-corrected chi connectivity index (χ2v) is 4.78. The number of esters is 2. The smallest absolute Gasteiger partial charge is 0.313 e. The summed E-state index contributed by atoms with van der Waals surface area (Å²) in [5.74, 6) is -0.731. The van der Waals surface area contributed by atoms with Crippen molar-refractivity contribution in [1.82, 2.24) is 0 Å². The van der Waals surface area contributed by atoms with Crippen LogP contribution in [0.3, 0.4) is 0 Å². The summed E-state index contributed by atoms with van der Waals surface area (Å²) in [4.78, 5) is 23.5. The summed E-state index contributed by atoms with van der Waals surface area (Å²) in [5, 5.41) is 0. The topological polar surface area (TPSA) is 52.6 Å². The van der Waals surface area contributed by atoms with Crippen LogP contribution in [0, 0.1) is 23.7 Å². The first-order valence-corrected chi connectivity index (χ1v) is 5.53. The molecule has 82 valence electrons. The third-order valence-electron chi connectivity index (χ3n) is 4.10. The van der Waals surface area contributed by atoms with E-state index in [1.54, 1.807) is 12.2 Å². The lowest BCUT2D eigenvalue weighted by Gasteiger charge is -2.42. The van der Waals surface area contributed by atoms with Gasteiger partial charge in [-0.25, -0.2) is 0 Å². The van der Waals surface area contributed by atoms with E-state index < -0.39 is 0 Å². The van der Waals surface area contributed by atoms with E-state index in [4.69, 9.17) is 9.47 Å². The number of hydrogen-bond acceptors (Lipinski definition) is 4. The average molecular weight is 218 g/mol. The van der Waals surface area contributed by atoms with Crippen molar-refractivity contribution in [3.63, 3.8) is 0 Å². The summed E-state index contributed by atoms with van der Waals surface area (Å²) < 4.78 is 10.7. The highest BCUT2D eigenvalue weighted by atomic mass is 16.6. The predicted molar refractivity (Wildman–Crippen MR) is 52.0 cm³/mol. The second kappa shape index (κ2) is 2.56. The van der Waals surface area contributed by atoms with Gasteiger partial charge in [-0.2, -0.15) is 0 Å². The fourth-order valence-electron chi connectivity index (χ4n) is 3.43. The summed E-state index contributed by atoms with van der Waals surface area (Å²) in [6.07, 6.45) is 6.89. The van der Waals surface area contributed by atoms with E-state index in [9.17, 15) is 9.59 Å². The number of carbonyl (C=O) groups excluding carboxylic acids is 2. The van der Waals surface area contributed by atoms with E-state index in [1.165, 1.54) is 0 Å². The van der Waals surface area contributed by atoms with Gasteiger partial charge in [0, 0.05) is 11.8 Å². The molecule has 2 aliphatic carbocycles. The Morgan fingerprint density at radius 3 is 1.75 bits per heavy atom. The second-order valence-electron chi connectivity index (χ2n) is 4.78. The minimum atomic E-state index is -0.249. The molecule has 0 radical (unpaired) electrons. The van der Waals surface area contributed by atoms with Gasteiger partial charge in [-0.1, -0.05) is 12.2 Å². The summed E-state index contributed by atoms with van der Waals surface area (Å²) >= 11 is 0. The molecule has 4 nitrogen and oxygen atoms in total. The van der Waals surface area contributed by atoms with Gasteiger partial charge in [0.2, 0.25) is 0 Å². The fourth-order valence-corrected chi connectivity index (χ4v) is 3.43. The van der Waals surface area contributed by atoms with Gasteiger partial charge in [-0.3, -0.25) is 9.59 Å². The molecular weight excluding hydrogens is 208 g/mol. The fraction of sp³-hybridized carbons (Fsp3) is 0.500. The SMILES string of the molecule is O=C1O[C@H]2C=C[C@H]3OC(=O)[C@@H]4C=C[C@@H]1C4C23. The maximum atomic E-state index is 11.7. The Kier molecular flexibility index (Phi) is 1.37. The van der Waals surface area contributed by atoms with Crippen LogP contribution in [0.2, 0.25) is 0 Å². The molecule has 0 saturated carbocycles. The molecule has 4 heteroatoms. The molecule has 0 aromatic heterocycles. The highest BCUT2D eigenvalue weighted by Crippen LogP contribution is 2.50. The number of rotatable bonds is 0. The maximum Gasteiger partial charge on any atom is 0.313 e. The Labute approximate surface area is 91.9 Å². The zero-order chi connectivity index (χ0) is 10.9. The van der Waals surface area contributed by atoms with E-state index in [1.807, 2.05) is 12.2 Å².